The number of carbonyl (C=O) groups excluding carboxylic acids is 4. The molecular formula is C74H122N8O6S. The van der Waals surface area contributed by atoms with Gasteiger partial charge in [0.1, 0.15) is 12.1 Å². The number of rotatable bonds is 13. The first-order valence-corrected chi connectivity index (χ1v) is 36.2. The molecule has 500 valence electrons. The number of piperidine rings is 3. The molecular weight excluding hydrogens is 1130 g/mol. The van der Waals surface area contributed by atoms with Crippen molar-refractivity contribution >= 4 is 33.7 Å². The van der Waals surface area contributed by atoms with E-state index in [1.807, 2.05) is 0 Å². The predicted molar refractivity (Wildman–Crippen MR) is 368 cm³/mol. The van der Waals surface area contributed by atoms with Gasteiger partial charge in [-0.1, -0.05) is 135 Å². The molecule has 0 bridgehead atoms. The Balaban J connectivity index is 0.000000247. The van der Waals surface area contributed by atoms with Crippen molar-refractivity contribution in [2.45, 2.75) is 239 Å². The van der Waals surface area contributed by atoms with Gasteiger partial charge in [-0.3, -0.25) is 19.2 Å². The Morgan fingerprint density at radius 2 is 0.921 bits per heavy atom. The zero-order valence-corrected chi connectivity index (χ0v) is 58.3. The molecule has 4 saturated heterocycles. The molecule has 4 heterocycles. The van der Waals surface area contributed by atoms with E-state index in [1.165, 1.54) is 124 Å². The number of nitrogens with one attached hydrogen (secondary N) is 3. The van der Waals surface area contributed by atoms with Crippen molar-refractivity contribution in [2.24, 2.45) is 16.2 Å². The Bertz CT molecular complexity index is 3010. The third-order valence-corrected chi connectivity index (χ3v) is 23.1. The van der Waals surface area contributed by atoms with Gasteiger partial charge >= 0.3 is 0 Å². The summed E-state index contributed by atoms with van der Waals surface area (Å²) in [5.41, 5.74) is 9.89. The lowest BCUT2D eigenvalue weighted by molar-refractivity contribution is -0.137. The van der Waals surface area contributed by atoms with E-state index in [0.717, 1.165) is 90.6 Å². The minimum Gasteiger partial charge on any atom is -0.348 e. The minimum absolute atomic E-state index is 0. The zero-order chi connectivity index (χ0) is 64.7. The van der Waals surface area contributed by atoms with E-state index < -0.39 is 16.1 Å². The standard InChI is InChI=1S/C27H41N3O2.C25H39N3O2.C22H36N2O2S.3H2/c1-20(31)30-16-7-10-24(30)25(32)28-23-11-12-27(22-9-6-5-8-21(22)23)14-18-29(19-15-27)17-13-26(2,3)4;1-18(26-19(2)29)23(30)27-22-10-11-25(21-9-7-6-8-20(21)22)13-16-28(17-14-25)15-12-24(3,4)5;1-21(2,3)12-15-24-16-13-22(14-17-24)11-10-20(23(4)27(5,25)26)18-8-6-7-9-19(18)22;;;/h5-6,8-9,23-24H,7,10-19H2,1-4H3,(H,28,32);6-9,18,22H,10-17H2,1-5H3,(H,26,29)(H,27,30);6-9,20H,10-17H2,1-5H3;3*1H/t23-,24+;18-,22-;20-;;;/m010.../s1. The molecule has 15 heteroatoms. The average molecular weight is 1250 g/mol. The Kier molecular flexibility index (Phi) is 23.0. The number of benzene rings is 3. The summed E-state index contributed by atoms with van der Waals surface area (Å²) in [5, 5.41) is 9.19. The van der Waals surface area contributed by atoms with E-state index >= 15 is 0 Å². The molecule has 14 nitrogen and oxygen atoms in total. The van der Waals surface area contributed by atoms with E-state index in [4.69, 9.17) is 0 Å². The molecule has 3 aliphatic carbocycles. The molecule has 3 spiro atoms. The highest BCUT2D eigenvalue weighted by Gasteiger charge is 2.47. The highest BCUT2D eigenvalue weighted by molar-refractivity contribution is 7.88. The van der Waals surface area contributed by atoms with E-state index in [9.17, 15) is 27.6 Å². The van der Waals surface area contributed by atoms with Crippen LogP contribution in [0.25, 0.3) is 0 Å². The number of likely N-dealkylation sites (tertiary alicyclic amines) is 4. The van der Waals surface area contributed by atoms with E-state index in [1.54, 1.807) is 30.1 Å². The fourth-order valence-corrected chi connectivity index (χ4v) is 16.6. The zero-order valence-electron chi connectivity index (χ0n) is 57.5. The number of nitrogens with zero attached hydrogens (tertiary/aromatic N) is 5. The summed E-state index contributed by atoms with van der Waals surface area (Å²) in [6.45, 7) is 36.8. The summed E-state index contributed by atoms with van der Waals surface area (Å²) in [7, 11) is -1.47. The fourth-order valence-electron chi connectivity index (χ4n) is 15.9. The lowest BCUT2D eigenvalue weighted by Gasteiger charge is -2.48. The topological polar surface area (TPSA) is 155 Å². The summed E-state index contributed by atoms with van der Waals surface area (Å²) in [6, 6.07) is 25.2. The predicted octanol–water partition coefficient (Wildman–Crippen LogP) is 13.3. The maximum atomic E-state index is 13.1. The van der Waals surface area contributed by atoms with Crippen molar-refractivity contribution in [1.82, 2.24) is 39.9 Å². The summed E-state index contributed by atoms with van der Waals surface area (Å²) in [4.78, 5) is 58.5. The van der Waals surface area contributed by atoms with Crippen molar-refractivity contribution < 1.29 is 31.9 Å². The first-order valence-electron chi connectivity index (χ1n) is 34.3. The molecule has 7 aliphatic rings. The second-order valence-electron chi connectivity index (χ2n) is 31.9. The van der Waals surface area contributed by atoms with Gasteiger partial charge < -0.3 is 35.6 Å². The molecule has 0 saturated carbocycles. The minimum atomic E-state index is -3.19. The van der Waals surface area contributed by atoms with Crippen LogP contribution in [-0.2, 0) is 45.4 Å². The Hall–Kier alpha value is -4.67. The van der Waals surface area contributed by atoms with Gasteiger partial charge in [-0.05, 0) is 241 Å². The van der Waals surface area contributed by atoms with Crippen LogP contribution in [0.1, 0.15) is 248 Å². The van der Waals surface area contributed by atoms with Crippen molar-refractivity contribution in [1.29, 1.82) is 0 Å². The molecule has 4 aliphatic heterocycles. The fraction of sp³-hybridized carbons (Fsp3) is 0.703. The highest BCUT2D eigenvalue weighted by Crippen LogP contribution is 2.52. The van der Waals surface area contributed by atoms with Crippen LogP contribution in [0.3, 0.4) is 0 Å². The van der Waals surface area contributed by atoms with E-state index in [-0.39, 0.29) is 68.3 Å². The van der Waals surface area contributed by atoms with Crippen LogP contribution in [0.4, 0.5) is 0 Å². The largest absolute Gasteiger partial charge is 0.348 e. The molecule has 3 aromatic carbocycles. The van der Waals surface area contributed by atoms with Gasteiger partial charge in [0.15, 0.2) is 0 Å². The number of sulfonamides is 1. The van der Waals surface area contributed by atoms with Crippen LogP contribution in [0.5, 0.6) is 0 Å². The number of carbonyl (C=O) groups is 4. The molecule has 0 unspecified atom stereocenters. The first kappa shape index (κ1) is 70.2. The monoisotopic (exact) mass is 1250 g/mol. The van der Waals surface area contributed by atoms with Gasteiger partial charge in [-0.2, -0.15) is 4.31 Å². The van der Waals surface area contributed by atoms with Gasteiger partial charge in [0.05, 0.1) is 18.3 Å². The SMILES string of the molecule is CC(=O)N1CCC[C@@H]1C(=O)N[C@H]1CCC2(CCN(CCC(C)(C)C)CC2)c2ccccc21.CC(=O)N[C@H](C)C(=O)N[C@@H]1CCC2(CCN(CCC(C)(C)C)CC2)c2ccccc21.CN([C@H]1CCC2(CCN(CCC(C)(C)C)CC2)c2ccccc21)S(C)(=O)=O.[HH].[HH].[HH]. The summed E-state index contributed by atoms with van der Waals surface area (Å²) in [5.74, 6) is -0.272. The van der Waals surface area contributed by atoms with E-state index in [0.29, 0.717) is 22.8 Å². The molecule has 0 radical (unpaired) electrons. The smallest absolute Gasteiger partial charge is 0.243 e. The second-order valence-corrected chi connectivity index (χ2v) is 33.9. The molecule has 4 amide bonds. The molecule has 5 atom stereocenters. The first-order chi connectivity index (χ1) is 41.8. The molecule has 0 aromatic heterocycles. The Labute approximate surface area is 542 Å². The molecule has 10 rings (SSSR count). The average Bonchev–Trinajstić information content (AvgIpc) is 0.961. The molecule has 3 aromatic rings. The Morgan fingerprint density at radius 1 is 0.551 bits per heavy atom. The lowest BCUT2D eigenvalue weighted by atomic mass is 9.63. The van der Waals surface area contributed by atoms with Gasteiger partial charge in [0, 0.05) is 37.8 Å². The molecule has 3 N–H and O–H groups in total. The number of fused-ring (bicyclic) bond motifs is 6. The van der Waals surface area contributed by atoms with Crippen LogP contribution in [0.15, 0.2) is 72.8 Å². The summed E-state index contributed by atoms with van der Waals surface area (Å²) >= 11 is 0. The van der Waals surface area contributed by atoms with E-state index in [2.05, 4.69) is 166 Å². The van der Waals surface area contributed by atoms with Crippen LogP contribution >= 0.6 is 0 Å². The van der Waals surface area contributed by atoms with Crippen molar-refractivity contribution in [2.75, 3.05) is 78.8 Å². The summed E-state index contributed by atoms with van der Waals surface area (Å²) in [6.07, 6.45) is 20.0. The van der Waals surface area contributed by atoms with Crippen LogP contribution in [0, 0.1) is 16.2 Å². The van der Waals surface area contributed by atoms with Gasteiger partial charge in [-0.25, -0.2) is 8.42 Å². The second kappa shape index (κ2) is 29.1. The van der Waals surface area contributed by atoms with Gasteiger partial charge in [0.25, 0.3) is 0 Å². The number of hydrogen-bond acceptors (Lipinski definition) is 9. The van der Waals surface area contributed by atoms with Crippen LogP contribution in [0.2, 0.25) is 0 Å². The quantitative estimate of drug-likeness (QED) is 0.152. The van der Waals surface area contributed by atoms with Crippen molar-refractivity contribution in [3.63, 3.8) is 0 Å². The van der Waals surface area contributed by atoms with Crippen molar-refractivity contribution in [3.05, 3.63) is 106 Å². The van der Waals surface area contributed by atoms with Gasteiger partial charge in [-0.15, -0.1) is 0 Å². The third kappa shape index (κ3) is 18.1. The van der Waals surface area contributed by atoms with Crippen LogP contribution < -0.4 is 16.0 Å². The number of amides is 4. The third-order valence-electron chi connectivity index (χ3n) is 21.8. The highest BCUT2D eigenvalue weighted by atomic mass is 32.2. The molecule has 4 fully saturated rings. The lowest BCUT2D eigenvalue weighted by Crippen LogP contribution is -2.49. The maximum absolute atomic E-state index is 13.1. The molecule has 89 heavy (non-hydrogen) atoms. The van der Waals surface area contributed by atoms with Gasteiger partial charge in [0.2, 0.25) is 33.7 Å². The number of hydrogen-bond donors (Lipinski definition) is 3. The Morgan fingerprint density at radius 3 is 1.30 bits per heavy atom. The van der Waals surface area contributed by atoms with Crippen LogP contribution in [-0.4, -0.2) is 147 Å². The van der Waals surface area contributed by atoms with Crippen molar-refractivity contribution in [3.8, 4) is 0 Å². The summed E-state index contributed by atoms with van der Waals surface area (Å²) < 4.78 is 25.8. The maximum Gasteiger partial charge on any atom is 0.243 e. The normalized spacial score (nSPS) is 23.8.